The van der Waals surface area contributed by atoms with Gasteiger partial charge in [0.05, 0.1) is 23.7 Å². The van der Waals surface area contributed by atoms with Crippen LogP contribution in [0.3, 0.4) is 0 Å². The minimum absolute atomic E-state index is 0.0292. The van der Waals surface area contributed by atoms with Crippen LogP contribution in [0.4, 0.5) is 0 Å². The summed E-state index contributed by atoms with van der Waals surface area (Å²) in [5.74, 6) is -0.838. The molecule has 69 heavy (non-hydrogen) atoms. The maximum Gasteiger partial charge on any atom is 0.305 e. The monoisotopic (exact) mass is 975 g/mol. The van der Waals surface area contributed by atoms with E-state index in [0.29, 0.717) is 25.7 Å². The molecule has 9 heteroatoms. The average molecular weight is 976 g/mol. The van der Waals surface area contributed by atoms with Crippen molar-refractivity contribution >= 4 is 17.9 Å². The second-order valence-corrected chi connectivity index (χ2v) is 20.4. The highest BCUT2D eigenvalue weighted by Crippen LogP contribution is 2.26. The Morgan fingerprint density at radius 1 is 0.362 bits per heavy atom. The van der Waals surface area contributed by atoms with Crippen LogP contribution in [-0.2, 0) is 28.6 Å². The highest BCUT2D eigenvalue weighted by atomic mass is 16.6. The number of carbonyl (C=O) groups is 3. The van der Waals surface area contributed by atoms with Crippen molar-refractivity contribution < 1.29 is 43.9 Å². The van der Waals surface area contributed by atoms with Gasteiger partial charge in [-0.25, -0.2) is 0 Å². The van der Waals surface area contributed by atoms with Crippen LogP contribution < -0.4 is 0 Å². The van der Waals surface area contributed by atoms with Crippen molar-refractivity contribution in [3.05, 3.63) is 36.5 Å². The fraction of sp³-hybridized carbons (Fsp3) is 0.850. The van der Waals surface area contributed by atoms with Gasteiger partial charge in [-0.05, 0) is 103 Å². The Balaban J connectivity index is 4.73. The number of hydrogen-bond donors (Lipinski definition) is 3. The van der Waals surface area contributed by atoms with E-state index in [0.717, 1.165) is 173 Å². The Morgan fingerprint density at radius 3 is 0.899 bits per heavy atom. The topological polar surface area (TPSA) is 140 Å². The van der Waals surface area contributed by atoms with Gasteiger partial charge >= 0.3 is 17.9 Å². The molecule has 0 bridgehead atoms. The summed E-state index contributed by atoms with van der Waals surface area (Å²) in [6.07, 6.45) is 50.7. The molecule has 0 radical (unpaired) electrons. The first-order chi connectivity index (χ1) is 33.6. The predicted octanol–water partition coefficient (Wildman–Crippen LogP) is 16.0. The molecule has 0 aromatic carbocycles. The quantitative estimate of drug-likeness (QED) is 0.0235. The lowest BCUT2D eigenvalue weighted by atomic mass is 9.88. The number of hydrogen-bond acceptors (Lipinski definition) is 9. The van der Waals surface area contributed by atoms with Crippen molar-refractivity contribution in [2.24, 2.45) is 5.41 Å². The van der Waals surface area contributed by atoms with Gasteiger partial charge in [0.15, 0.2) is 0 Å². The van der Waals surface area contributed by atoms with Gasteiger partial charge in [-0.15, -0.1) is 0 Å². The van der Waals surface area contributed by atoms with Gasteiger partial charge in [-0.3, -0.25) is 14.4 Å². The number of aliphatic hydroxyl groups excluding tert-OH is 3. The zero-order valence-electron chi connectivity index (χ0n) is 45.4. The minimum Gasteiger partial charge on any atom is -0.465 e. The van der Waals surface area contributed by atoms with Gasteiger partial charge < -0.3 is 29.5 Å². The first-order valence-corrected chi connectivity index (χ1v) is 29.1. The van der Waals surface area contributed by atoms with Crippen molar-refractivity contribution in [1.29, 1.82) is 0 Å². The summed E-state index contributed by atoms with van der Waals surface area (Å²) in [7, 11) is 0. The molecule has 0 aliphatic rings. The van der Waals surface area contributed by atoms with Gasteiger partial charge in [-0.2, -0.15) is 0 Å². The van der Waals surface area contributed by atoms with Crippen molar-refractivity contribution in [3.63, 3.8) is 0 Å². The SMILES string of the molecule is CCCCCCC(O)CC=CCCCCCCCC(=O)OCC(CC)(COC(=O)CCCCCCCC=CCC(O)CCCCCC)COC(=O)CCCCCCCC=CCC(O)CCCCCC. The Labute approximate surface area is 424 Å². The molecule has 3 N–H and O–H groups in total. The molecule has 0 rings (SSSR count). The summed E-state index contributed by atoms with van der Waals surface area (Å²) < 4.78 is 17.4. The number of unbranched alkanes of at least 4 members (excludes halogenated alkanes) is 24. The molecule has 0 spiro atoms. The molecule has 0 aliphatic heterocycles. The lowest BCUT2D eigenvalue weighted by Crippen LogP contribution is -2.39. The lowest BCUT2D eigenvalue weighted by Gasteiger charge is -2.31. The Kier molecular flexibility index (Phi) is 48.6. The molecule has 0 aliphatic carbocycles. The van der Waals surface area contributed by atoms with Gasteiger partial charge in [-0.1, -0.05) is 199 Å². The number of aliphatic hydroxyl groups is 3. The Bertz CT molecular complexity index is 1100. The normalized spacial score (nSPS) is 14.1. The fourth-order valence-electron chi connectivity index (χ4n) is 8.42. The number of carbonyl (C=O) groups excluding carboxylic acids is 3. The molecule has 3 unspecified atom stereocenters. The van der Waals surface area contributed by atoms with E-state index in [-0.39, 0.29) is 56.0 Å². The molecule has 0 saturated carbocycles. The first kappa shape index (κ1) is 66.5. The van der Waals surface area contributed by atoms with Crippen molar-refractivity contribution in [2.45, 2.75) is 303 Å². The molecule has 0 fully saturated rings. The number of ether oxygens (including phenoxy) is 3. The second kappa shape index (κ2) is 50.5. The highest BCUT2D eigenvalue weighted by Gasteiger charge is 2.34. The van der Waals surface area contributed by atoms with E-state index >= 15 is 0 Å². The summed E-state index contributed by atoms with van der Waals surface area (Å²) in [6, 6.07) is 0. The standard InChI is InChI=1S/C60H110O9/c1-5-9-12-33-42-54(61)45-36-27-21-15-18-24-30-39-48-57(64)67-51-60(8-4,52-68-58(65)49-40-31-25-19-16-22-28-37-46-55(62)43-34-13-10-6-2)53-69-59(66)50-41-32-26-20-17-23-29-38-47-56(63)44-35-14-11-7-3/h27-29,36-38,54-56,61-63H,5-26,30-35,39-53H2,1-4H3. The lowest BCUT2D eigenvalue weighted by molar-refractivity contribution is -0.162. The summed E-state index contributed by atoms with van der Waals surface area (Å²) in [5.41, 5.74) is -0.809. The van der Waals surface area contributed by atoms with E-state index in [1.54, 1.807) is 0 Å². The Hall–Kier alpha value is -2.49. The molecular weight excluding hydrogens is 865 g/mol. The number of rotatable bonds is 52. The summed E-state index contributed by atoms with van der Waals surface area (Å²) >= 11 is 0. The molecule has 404 valence electrons. The van der Waals surface area contributed by atoms with E-state index in [2.05, 4.69) is 57.2 Å². The molecule has 0 heterocycles. The van der Waals surface area contributed by atoms with Crippen LogP contribution in [0.2, 0.25) is 0 Å². The van der Waals surface area contributed by atoms with Crippen LogP contribution in [0, 0.1) is 5.41 Å². The van der Waals surface area contributed by atoms with Gasteiger partial charge in [0.25, 0.3) is 0 Å². The summed E-state index contributed by atoms with van der Waals surface area (Å²) in [4.78, 5) is 38.7. The zero-order valence-corrected chi connectivity index (χ0v) is 45.4. The van der Waals surface area contributed by atoms with Gasteiger partial charge in [0.1, 0.15) is 19.8 Å². The second-order valence-electron chi connectivity index (χ2n) is 20.4. The third-order valence-electron chi connectivity index (χ3n) is 13.5. The molecule has 0 aromatic heterocycles. The maximum absolute atomic E-state index is 12.9. The van der Waals surface area contributed by atoms with E-state index in [9.17, 15) is 29.7 Å². The van der Waals surface area contributed by atoms with Crippen molar-refractivity contribution in [1.82, 2.24) is 0 Å². The number of allylic oxidation sites excluding steroid dienone is 3. The Morgan fingerprint density at radius 2 is 0.623 bits per heavy atom. The maximum atomic E-state index is 12.9. The molecule has 3 atom stereocenters. The van der Waals surface area contributed by atoms with Crippen LogP contribution in [0.15, 0.2) is 36.5 Å². The molecule has 0 amide bonds. The highest BCUT2D eigenvalue weighted by molar-refractivity contribution is 5.70. The minimum atomic E-state index is -0.809. The van der Waals surface area contributed by atoms with Crippen LogP contribution in [0.25, 0.3) is 0 Å². The van der Waals surface area contributed by atoms with Crippen LogP contribution in [0.1, 0.15) is 285 Å². The van der Waals surface area contributed by atoms with E-state index < -0.39 is 5.41 Å². The van der Waals surface area contributed by atoms with Crippen LogP contribution in [-0.4, -0.2) is 71.4 Å². The fourth-order valence-corrected chi connectivity index (χ4v) is 8.42. The van der Waals surface area contributed by atoms with E-state index in [1.165, 1.54) is 57.8 Å². The smallest absolute Gasteiger partial charge is 0.305 e. The summed E-state index contributed by atoms with van der Waals surface area (Å²) in [5, 5.41) is 30.5. The van der Waals surface area contributed by atoms with E-state index in [4.69, 9.17) is 14.2 Å². The van der Waals surface area contributed by atoms with Crippen LogP contribution >= 0.6 is 0 Å². The average Bonchev–Trinajstić information content (AvgIpc) is 3.34. The predicted molar refractivity (Wildman–Crippen MR) is 288 cm³/mol. The van der Waals surface area contributed by atoms with Crippen molar-refractivity contribution in [3.8, 4) is 0 Å². The molecule has 0 saturated heterocycles. The first-order valence-electron chi connectivity index (χ1n) is 29.1. The number of esters is 3. The van der Waals surface area contributed by atoms with E-state index in [1.807, 2.05) is 6.92 Å². The van der Waals surface area contributed by atoms with Crippen LogP contribution in [0.5, 0.6) is 0 Å². The molecular formula is C60H110O9. The zero-order chi connectivity index (χ0) is 50.7. The van der Waals surface area contributed by atoms with Gasteiger partial charge in [0.2, 0.25) is 0 Å². The third kappa shape index (κ3) is 46.3. The van der Waals surface area contributed by atoms with Crippen molar-refractivity contribution in [2.75, 3.05) is 19.8 Å². The molecule has 0 aromatic rings. The van der Waals surface area contributed by atoms with Gasteiger partial charge in [0, 0.05) is 19.3 Å². The summed E-state index contributed by atoms with van der Waals surface area (Å²) in [6.45, 7) is 8.65. The largest absolute Gasteiger partial charge is 0.465 e. The third-order valence-corrected chi connectivity index (χ3v) is 13.5. The molecule has 9 nitrogen and oxygen atoms in total.